The fourth-order valence-electron chi connectivity index (χ4n) is 2.24. The fraction of sp³-hybridized carbons (Fsp3) is 0.238. The second-order valence-corrected chi connectivity index (χ2v) is 6.05. The molecular formula is C21H22IrN3O3-. The maximum atomic E-state index is 10.1. The molecule has 0 fully saturated rings. The van der Waals surface area contributed by atoms with Crippen LogP contribution in [-0.4, -0.2) is 33.1 Å². The zero-order chi connectivity index (χ0) is 19.8. The van der Waals surface area contributed by atoms with Crippen LogP contribution in [0.25, 0.3) is 11.3 Å². The maximum absolute atomic E-state index is 10.1. The minimum Gasteiger partial charge on any atom is -0.516 e. The Morgan fingerprint density at radius 3 is 2.46 bits per heavy atom. The first-order valence-electron chi connectivity index (χ1n) is 8.46. The van der Waals surface area contributed by atoms with E-state index < -0.39 is 5.97 Å². The monoisotopic (exact) mass is 557 g/mol. The van der Waals surface area contributed by atoms with Crippen LogP contribution in [0.5, 0.6) is 5.75 Å². The van der Waals surface area contributed by atoms with Gasteiger partial charge in [0, 0.05) is 49.6 Å². The Morgan fingerprint density at radius 2 is 1.96 bits per heavy atom. The Kier molecular flexibility index (Phi) is 9.42. The van der Waals surface area contributed by atoms with Crippen molar-refractivity contribution >= 4 is 5.97 Å². The molecule has 1 aromatic carbocycles. The summed E-state index contributed by atoms with van der Waals surface area (Å²) in [7, 11) is 1.65. The normalized spacial score (nSPS) is 9.75. The van der Waals surface area contributed by atoms with Gasteiger partial charge in [-0.15, -0.1) is 29.8 Å². The largest absolute Gasteiger partial charge is 0.516 e. The smallest absolute Gasteiger partial charge is 0.354 e. The first kappa shape index (κ1) is 23.4. The summed E-state index contributed by atoms with van der Waals surface area (Å²) in [5.74, 6) is 0.202. The van der Waals surface area contributed by atoms with Gasteiger partial charge in [-0.1, -0.05) is 19.9 Å². The predicted molar refractivity (Wildman–Crippen MR) is 103 cm³/mol. The van der Waals surface area contributed by atoms with Crippen LogP contribution in [0.2, 0.25) is 0 Å². The minimum absolute atomic E-state index is 0. The molecule has 0 aliphatic carbocycles. The number of benzene rings is 1. The molecular weight excluding hydrogens is 534 g/mol. The number of aromatic carboxylic acids is 1. The quantitative estimate of drug-likeness (QED) is 0.486. The molecule has 0 aliphatic heterocycles. The summed E-state index contributed by atoms with van der Waals surface area (Å²) in [6, 6.07) is 13.6. The van der Waals surface area contributed by atoms with Crippen molar-refractivity contribution in [1.82, 2.24) is 15.0 Å². The van der Waals surface area contributed by atoms with Gasteiger partial charge in [0.2, 0.25) is 0 Å². The molecule has 2 aromatic heterocycles. The number of carboxylic acids is 1. The van der Waals surface area contributed by atoms with Crippen molar-refractivity contribution in [3.8, 4) is 17.0 Å². The van der Waals surface area contributed by atoms with Crippen LogP contribution in [0, 0.1) is 13.0 Å². The summed E-state index contributed by atoms with van der Waals surface area (Å²) in [6.45, 7) is 6.20. The molecule has 0 aliphatic rings. The van der Waals surface area contributed by atoms with Crippen LogP contribution < -0.4 is 4.74 Å². The number of ether oxygens (including phenoxy) is 1. The van der Waals surface area contributed by atoms with E-state index in [4.69, 9.17) is 9.84 Å². The Morgan fingerprint density at radius 1 is 1.21 bits per heavy atom. The van der Waals surface area contributed by atoms with Crippen molar-refractivity contribution in [2.24, 2.45) is 0 Å². The molecule has 7 heteroatoms. The van der Waals surface area contributed by atoms with E-state index in [9.17, 15) is 4.79 Å². The van der Waals surface area contributed by atoms with Crippen LogP contribution in [0.3, 0.4) is 0 Å². The van der Waals surface area contributed by atoms with Gasteiger partial charge in [-0.25, -0.2) is 9.78 Å². The van der Waals surface area contributed by atoms with Gasteiger partial charge in [-0.05, 0) is 25.0 Å². The maximum Gasteiger partial charge on any atom is 0.354 e. The number of aryl methyl sites for hydroxylation is 1. The van der Waals surface area contributed by atoms with E-state index in [1.54, 1.807) is 19.2 Å². The van der Waals surface area contributed by atoms with Gasteiger partial charge >= 0.3 is 5.97 Å². The molecule has 3 rings (SSSR count). The van der Waals surface area contributed by atoms with Crippen LogP contribution in [-0.2, 0) is 20.1 Å². The first-order valence-corrected chi connectivity index (χ1v) is 8.46. The number of rotatable bonds is 4. The fourth-order valence-corrected chi connectivity index (χ4v) is 2.24. The summed E-state index contributed by atoms with van der Waals surface area (Å²) in [5.41, 5.74) is 3.79. The average molecular weight is 557 g/mol. The third-order valence-corrected chi connectivity index (χ3v) is 3.70. The molecule has 0 spiro atoms. The summed E-state index contributed by atoms with van der Waals surface area (Å²) in [5, 5.41) is 8.32. The summed E-state index contributed by atoms with van der Waals surface area (Å²) in [4.78, 5) is 22.8. The van der Waals surface area contributed by atoms with E-state index in [1.807, 2.05) is 31.3 Å². The zero-order valence-corrected chi connectivity index (χ0v) is 18.5. The molecule has 6 nitrogen and oxygen atoms in total. The number of carbonyl (C=O) groups is 1. The van der Waals surface area contributed by atoms with Crippen molar-refractivity contribution in [3.05, 3.63) is 71.9 Å². The van der Waals surface area contributed by atoms with E-state index in [2.05, 4.69) is 34.9 Å². The Balaban J connectivity index is 0.000000332. The molecule has 28 heavy (non-hydrogen) atoms. The molecule has 2 heterocycles. The van der Waals surface area contributed by atoms with Crippen LogP contribution in [0.1, 0.15) is 41.6 Å². The number of aromatic nitrogens is 3. The minimum atomic E-state index is -0.990. The molecule has 1 N–H and O–H groups in total. The Hall–Kier alpha value is -2.63. The van der Waals surface area contributed by atoms with Crippen molar-refractivity contribution in [3.63, 3.8) is 0 Å². The molecule has 0 saturated heterocycles. The van der Waals surface area contributed by atoms with E-state index >= 15 is 0 Å². The Labute approximate surface area is 178 Å². The molecule has 0 atom stereocenters. The number of hydrogen-bond acceptors (Lipinski definition) is 5. The molecule has 1 radical (unpaired) electrons. The van der Waals surface area contributed by atoms with E-state index in [1.165, 1.54) is 12.3 Å². The molecule has 0 unspecified atom stereocenters. The van der Waals surface area contributed by atoms with Crippen LogP contribution in [0.15, 0.2) is 48.8 Å². The number of hydrogen-bond donors (Lipinski definition) is 1. The van der Waals surface area contributed by atoms with Crippen molar-refractivity contribution < 1.29 is 34.7 Å². The summed E-state index contributed by atoms with van der Waals surface area (Å²) >= 11 is 0. The number of carboxylic acid groups (broad SMARTS) is 1. The summed E-state index contributed by atoms with van der Waals surface area (Å²) < 4.78 is 5.21. The SMILES string of the molecule is COc1cc[c-]c(-c2ncc(C(C)C)nc2C)c1.O=C(O)c1ccccn1.[Ir]. The van der Waals surface area contributed by atoms with Gasteiger partial charge in [0.25, 0.3) is 0 Å². The first-order chi connectivity index (χ1) is 12.9. The van der Waals surface area contributed by atoms with E-state index in [-0.39, 0.29) is 25.8 Å². The third kappa shape index (κ3) is 6.51. The third-order valence-electron chi connectivity index (χ3n) is 3.70. The molecule has 0 bridgehead atoms. The van der Waals surface area contributed by atoms with Crippen molar-refractivity contribution in [1.29, 1.82) is 0 Å². The second kappa shape index (κ2) is 11.3. The molecule has 0 saturated carbocycles. The van der Waals surface area contributed by atoms with E-state index in [0.29, 0.717) is 5.92 Å². The van der Waals surface area contributed by atoms with Crippen LogP contribution >= 0.6 is 0 Å². The van der Waals surface area contributed by atoms with Crippen molar-refractivity contribution in [2.45, 2.75) is 26.7 Å². The van der Waals surface area contributed by atoms with Gasteiger partial charge in [0.15, 0.2) is 0 Å². The van der Waals surface area contributed by atoms with Crippen molar-refractivity contribution in [2.75, 3.05) is 7.11 Å². The van der Waals surface area contributed by atoms with Gasteiger partial charge < -0.3 is 14.8 Å². The van der Waals surface area contributed by atoms with Gasteiger partial charge in [0.05, 0.1) is 12.8 Å². The van der Waals surface area contributed by atoms with Gasteiger partial charge in [-0.2, -0.15) is 0 Å². The number of pyridine rings is 1. The molecule has 3 aromatic rings. The standard InChI is InChI=1S/C15H17N2O.C6H5NO2.Ir/c1-10(2)14-9-16-15(11(3)17-14)12-6-5-7-13(8-12)18-4;8-6(9)5-3-1-2-4-7-5;/h5,7-10H,1-4H3;1-4H,(H,8,9);/q-1;;. The van der Waals surface area contributed by atoms with Gasteiger partial charge in [0.1, 0.15) is 5.69 Å². The zero-order valence-electron chi connectivity index (χ0n) is 16.1. The predicted octanol–water partition coefficient (Wildman–Crippen LogP) is 4.16. The van der Waals surface area contributed by atoms with Gasteiger partial charge in [-0.3, -0.25) is 4.98 Å². The molecule has 149 valence electrons. The number of methoxy groups -OCH3 is 1. The van der Waals surface area contributed by atoms with Crippen LogP contribution in [0.4, 0.5) is 0 Å². The second-order valence-electron chi connectivity index (χ2n) is 6.05. The summed E-state index contributed by atoms with van der Waals surface area (Å²) in [6.07, 6.45) is 3.28. The number of nitrogens with zero attached hydrogens (tertiary/aromatic N) is 3. The Bertz CT molecular complexity index is 902. The topological polar surface area (TPSA) is 85.2 Å². The molecule has 0 amide bonds. The average Bonchev–Trinajstić information content (AvgIpc) is 2.69. The van der Waals surface area contributed by atoms with E-state index in [0.717, 1.165) is 28.4 Å².